The van der Waals surface area contributed by atoms with E-state index in [9.17, 15) is 23.7 Å². The summed E-state index contributed by atoms with van der Waals surface area (Å²) in [5.74, 6) is -1.59. The molecule has 0 aromatic heterocycles. The van der Waals surface area contributed by atoms with E-state index < -0.39 is 16.6 Å². The number of thioether (sulfide) groups is 1. The quantitative estimate of drug-likeness (QED) is 0.364. The molecule has 0 atom stereocenters. The first-order valence-electron chi connectivity index (χ1n) is 5.83. The van der Waals surface area contributed by atoms with Gasteiger partial charge in [0.25, 0.3) is 5.69 Å². The molecule has 2 rings (SSSR count). The van der Waals surface area contributed by atoms with Gasteiger partial charge in [0.15, 0.2) is 5.78 Å². The van der Waals surface area contributed by atoms with E-state index in [1.54, 1.807) is 0 Å². The number of hydrogen-bond donors (Lipinski definition) is 0. The summed E-state index contributed by atoms with van der Waals surface area (Å²) in [6.07, 6.45) is 0. The molecule has 2 aromatic carbocycles. The minimum atomic E-state index is -0.599. The number of ketones is 1. The maximum absolute atomic E-state index is 13.4. The summed E-state index contributed by atoms with van der Waals surface area (Å²) in [5.41, 5.74) is 0.167. The van der Waals surface area contributed by atoms with Crippen LogP contribution in [-0.4, -0.2) is 16.5 Å². The van der Waals surface area contributed by atoms with Crippen molar-refractivity contribution in [3.05, 3.63) is 69.8 Å². The minimum absolute atomic E-state index is 0.0465. The molecule has 108 valence electrons. The van der Waals surface area contributed by atoms with Crippen molar-refractivity contribution in [1.82, 2.24) is 0 Å². The number of rotatable bonds is 5. The van der Waals surface area contributed by atoms with Crippen molar-refractivity contribution in [3.8, 4) is 0 Å². The third kappa shape index (κ3) is 3.85. The highest BCUT2D eigenvalue weighted by Crippen LogP contribution is 2.24. The van der Waals surface area contributed by atoms with E-state index in [1.807, 2.05) is 0 Å². The number of halogens is 2. The molecular formula is C14H9F2NO3S. The molecule has 7 heteroatoms. The first-order valence-corrected chi connectivity index (χ1v) is 6.81. The van der Waals surface area contributed by atoms with Gasteiger partial charge in [0.05, 0.1) is 10.7 Å². The molecule has 0 aliphatic heterocycles. The molecule has 0 heterocycles. The zero-order valence-electron chi connectivity index (χ0n) is 10.6. The van der Waals surface area contributed by atoms with Crippen molar-refractivity contribution in [1.29, 1.82) is 0 Å². The summed E-state index contributed by atoms with van der Waals surface area (Å²) >= 11 is 0.876. The molecule has 2 aromatic rings. The molecule has 0 bridgehead atoms. The van der Waals surface area contributed by atoms with Crippen LogP contribution in [0.15, 0.2) is 47.4 Å². The van der Waals surface area contributed by atoms with Gasteiger partial charge in [0.2, 0.25) is 0 Å². The van der Waals surface area contributed by atoms with Crippen LogP contribution in [0, 0.1) is 21.7 Å². The number of Topliss-reactive ketones (excluding diaryl/α,β-unsaturated/α-hetero) is 1. The van der Waals surface area contributed by atoms with E-state index in [1.165, 1.54) is 24.3 Å². The zero-order valence-corrected chi connectivity index (χ0v) is 11.4. The van der Waals surface area contributed by atoms with Crippen molar-refractivity contribution in [2.24, 2.45) is 0 Å². The van der Waals surface area contributed by atoms with E-state index in [0.29, 0.717) is 0 Å². The summed E-state index contributed by atoms with van der Waals surface area (Å²) < 4.78 is 26.4. The van der Waals surface area contributed by atoms with Crippen LogP contribution in [0.25, 0.3) is 0 Å². The number of nitro groups is 1. The molecule has 0 radical (unpaired) electrons. The van der Waals surface area contributed by atoms with Gasteiger partial charge < -0.3 is 0 Å². The average Bonchev–Trinajstić information content (AvgIpc) is 2.48. The number of hydrogen-bond acceptors (Lipinski definition) is 4. The Balaban J connectivity index is 2.04. The Kier molecular flexibility index (Phi) is 4.64. The van der Waals surface area contributed by atoms with Crippen LogP contribution in [0.2, 0.25) is 0 Å². The monoisotopic (exact) mass is 309 g/mol. The van der Waals surface area contributed by atoms with E-state index in [0.717, 1.165) is 30.0 Å². The molecule has 0 spiro atoms. The van der Waals surface area contributed by atoms with E-state index >= 15 is 0 Å². The average molecular weight is 309 g/mol. The fraction of sp³-hybridized carbons (Fsp3) is 0.0714. The van der Waals surface area contributed by atoms with Gasteiger partial charge in [0, 0.05) is 22.6 Å². The predicted molar refractivity (Wildman–Crippen MR) is 74.5 cm³/mol. The van der Waals surface area contributed by atoms with E-state index in [4.69, 9.17) is 0 Å². The smallest absolute Gasteiger partial charge is 0.269 e. The maximum atomic E-state index is 13.4. The number of nitrogens with zero attached hydrogens (tertiary/aromatic N) is 1. The van der Waals surface area contributed by atoms with E-state index in [-0.39, 0.29) is 27.7 Å². The Bertz CT molecular complexity index is 689. The minimum Gasteiger partial charge on any atom is -0.293 e. The van der Waals surface area contributed by atoms with Crippen LogP contribution in [0.1, 0.15) is 10.4 Å². The second-order valence-corrected chi connectivity index (χ2v) is 5.11. The molecule has 4 nitrogen and oxygen atoms in total. The van der Waals surface area contributed by atoms with Gasteiger partial charge in [-0.3, -0.25) is 14.9 Å². The molecule has 21 heavy (non-hydrogen) atoms. The zero-order chi connectivity index (χ0) is 15.4. The number of benzene rings is 2. The predicted octanol–water partition coefficient (Wildman–Crippen LogP) is 3.85. The standard InChI is InChI=1S/C14H9F2NO3S/c15-10-3-6-12(16)14(7-10)21-8-13(18)9-1-4-11(5-2-9)17(19)20/h1-7H,8H2. The van der Waals surface area contributed by atoms with Gasteiger partial charge >= 0.3 is 0 Å². The van der Waals surface area contributed by atoms with Crippen molar-refractivity contribution >= 4 is 23.2 Å². The molecule has 0 N–H and O–H groups in total. The summed E-state index contributed by atoms with van der Waals surface area (Å²) in [5, 5.41) is 10.5. The highest BCUT2D eigenvalue weighted by molar-refractivity contribution is 8.00. The number of carbonyl (C=O) groups excluding carboxylic acids is 1. The van der Waals surface area contributed by atoms with Gasteiger partial charge in [-0.25, -0.2) is 8.78 Å². The number of non-ortho nitro benzene ring substituents is 1. The Hall–Kier alpha value is -2.28. The normalized spacial score (nSPS) is 10.4. The van der Waals surface area contributed by atoms with Gasteiger partial charge in [-0.2, -0.15) is 0 Å². The van der Waals surface area contributed by atoms with Crippen LogP contribution in [0.4, 0.5) is 14.5 Å². The van der Waals surface area contributed by atoms with Gasteiger partial charge in [0.1, 0.15) is 11.6 Å². The van der Waals surface area contributed by atoms with Gasteiger partial charge in [-0.05, 0) is 30.3 Å². The third-order valence-corrected chi connectivity index (χ3v) is 3.68. The van der Waals surface area contributed by atoms with Crippen molar-refractivity contribution < 1.29 is 18.5 Å². The largest absolute Gasteiger partial charge is 0.293 e. The topological polar surface area (TPSA) is 60.2 Å². The fourth-order valence-corrected chi connectivity index (χ4v) is 2.44. The lowest BCUT2D eigenvalue weighted by molar-refractivity contribution is -0.384. The Morgan fingerprint density at radius 3 is 2.43 bits per heavy atom. The molecule has 0 fully saturated rings. The molecule has 0 aliphatic carbocycles. The first-order chi connectivity index (χ1) is 9.97. The van der Waals surface area contributed by atoms with Crippen LogP contribution in [0.3, 0.4) is 0 Å². The Morgan fingerprint density at radius 1 is 1.14 bits per heavy atom. The van der Waals surface area contributed by atoms with Crippen molar-refractivity contribution in [3.63, 3.8) is 0 Å². The lowest BCUT2D eigenvalue weighted by Crippen LogP contribution is -2.03. The van der Waals surface area contributed by atoms with Crippen LogP contribution < -0.4 is 0 Å². The first kappa shape index (κ1) is 15.1. The van der Waals surface area contributed by atoms with E-state index in [2.05, 4.69) is 0 Å². The third-order valence-electron chi connectivity index (χ3n) is 2.65. The highest BCUT2D eigenvalue weighted by Gasteiger charge is 2.12. The lowest BCUT2D eigenvalue weighted by atomic mass is 10.1. The summed E-state index contributed by atoms with van der Waals surface area (Å²) in [6.45, 7) is 0. The summed E-state index contributed by atoms with van der Waals surface area (Å²) in [6, 6.07) is 8.13. The SMILES string of the molecule is O=C(CSc1cc(F)ccc1F)c1ccc([N+](=O)[O-])cc1. The van der Waals surface area contributed by atoms with Crippen LogP contribution in [0.5, 0.6) is 0 Å². The molecule has 0 saturated carbocycles. The molecule has 0 amide bonds. The summed E-state index contributed by atoms with van der Waals surface area (Å²) in [4.78, 5) is 21.9. The second-order valence-electron chi connectivity index (χ2n) is 4.09. The van der Waals surface area contributed by atoms with Gasteiger partial charge in [-0.1, -0.05) is 0 Å². The van der Waals surface area contributed by atoms with Gasteiger partial charge in [-0.15, -0.1) is 11.8 Å². The van der Waals surface area contributed by atoms with Crippen LogP contribution >= 0.6 is 11.8 Å². The van der Waals surface area contributed by atoms with Crippen molar-refractivity contribution in [2.75, 3.05) is 5.75 Å². The molecule has 0 saturated heterocycles. The molecule has 0 aliphatic rings. The molecule has 0 unspecified atom stereocenters. The highest BCUT2D eigenvalue weighted by atomic mass is 32.2. The fourth-order valence-electron chi connectivity index (χ4n) is 1.58. The lowest BCUT2D eigenvalue weighted by Gasteiger charge is -2.03. The Labute approximate surface area is 122 Å². The maximum Gasteiger partial charge on any atom is 0.269 e. The number of carbonyl (C=O) groups is 1. The summed E-state index contributed by atoms with van der Waals surface area (Å²) in [7, 11) is 0. The van der Waals surface area contributed by atoms with Crippen LogP contribution in [-0.2, 0) is 0 Å². The Morgan fingerprint density at radius 2 is 1.81 bits per heavy atom. The van der Waals surface area contributed by atoms with Crippen molar-refractivity contribution in [2.45, 2.75) is 4.90 Å². The molecular weight excluding hydrogens is 300 g/mol. The second kappa shape index (κ2) is 6.45. The number of nitro benzene ring substituents is 1.